The summed E-state index contributed by atoms with van der Waals surface area (Å²) >= 11 is 0. The van der Waals surface area contributed by atoms with E-state index in [0.29, 0.717) is 0 Å². The minimum Gasteiger partial charge on any atom is -0.452 e. The summed E-state index contributed by atoms with van der Waals surface area (Å²) in [7, 11) is 0. The van der Waals surface area contributed by atoms with Gasteiger partial charge >= 0.3 is 6.09 Å². The summed E-state index contributed by atoms with van der Waals surface area (Å²) < 4.78 is 25.0. The van der Waals surface area contributed by atoms with Crippen molar-refractivity contribution >= 4 is 22.9 Å². The zero-order valence-electron chi connectivity index (χ0n) is 14.9. The van der Waals surface area contributed by atoms with Gasteiger partial charge in [-0.3, -0.25) is 10.1 Å². The molecule has 0 atom stereocenters. The standard InChI is InChI=1S/C18H17FN4O4/c1-18(2,3)27-17(25)22-10-4-5-12(11(19)8-10)26-13-6-7-20-16-15(13)23-14(24)9-21-16/h4-9H,1-3H3,(H,22,25)(H,23,24). The quantitative estimate of drug-likeness (QED) is 0.728. The van der Waals surface area contributed by atoms with Gasteiger partial charge in [-0.25, -0.2) is 19.2 Å². The Morgan fingerprint density at radius 1 is 1.19 bits per heavy atom. The van der Waals surface area contributed by atoms with E-state index in [0.717, 1.165) is 12.3 Å². The highest BCUT2D eigenvalue weighted by Crippen LogP contribution is 2.29. The lowest BCUT2D eigenvalue weighted by Gasteiger charge is -2.19. The van der Waals surface area contributed by atoms with Crippen LogP contribution in [0.15, 0.2) is 41.5 Å². The number of aromatic amines is 1. The first-order valence-corrected chi connectivity index (χ1v) is 8.03. The molecule has 0 saturated carbocycles. The number of nitrogens with one attached hydrogen (secondary N) is 2. The van der Waals surface area contributed by atoms with E-state index in [2.05, 4.69) is 20.3 Å². The van der Waals surface area contributed by atoms with Gasteiger partial charge in [-0.05, 0) is 32.9 Å². The topological polar surface area (TPSA) is 106 Å². The van der Waals surface area contributed by atoms with Gasteiger partial charge in [0, 0.05) is 24.0 Å². The van der Waals surface area contributed by atoms with E-state index >= 15 is 0 Å². The van der Waals surface area contributed by atoms with Crippen molar-refractivity contribution in [3.05, 3.63) is 52.8 Å². The van der Waals surface area contributed by atoms with Crippen LogP contribution in [0.3, 0.4) is 0 Å². The normalized spacial score (nSPS) is 11.3. The van der Waals surface area contributed by atoms with E-state index in [1.54, 1.807) is 20.8 Å². The van der Waals surface area contributed by atoms with Crippen LogP contribution in [0.4, 0.5) is 14.9 Å². The Morgan fingerprint density at radius 2 is 1.96 bits per heavy atom. The van der Waals surface area contributed by atoms with Crippen molar-refractivity contribution in [1.29, 1.82) is 0 Å². The van der Waals surface area contributed by atoms with Crippen molar-refractivity contribution in [2.45, 2.75) is 26.4 Å². The highest BCUT2D eigenvalue weighted by molar-refractivity contribution is 5.85. The third-order valence-electron chi connectivity index (χ3n) is 3.24. The molecule has 0 spiro atoms. The maximum atomic E-state index is 14.4. The number of halogens is 1. The molecule has 0 bridgehead atoms. The number of anilines is 1. The van der Waals surface area contributed by atoms with Crippen LogP contribution >= 0.6 is 0 Å². The number of H-pyrrole nitrogens is 1. The van der Waals surface area contributed by atoms with Crippen molar-refractivity contribution in [3.63, 3.8) is 0 Å². The second-order valence-electron chi connectivity index (χ2n) is 6.63. The molecule has 0 fully saturated rings. The van der Waals surface area contributed by atoms with Crippen LogP contribution in [0, 0.1) is 5.82 Å². The first-order chi connectivity index (χ1) is 12.7. The Bertz CT molecular complexity index is 1060. The molecule has 0 saturated heterocycles. The van der Waals surface area contributed by atoms with Crippen molar-refractivity contribution < 1.29 is 18.7 Å². The molecular formula is C18H17FN4O4. The lowest BCUT2D eigenvalue weighted by molar-refractivity contribution is 0.0636. The average Bonchev–Trinajstić information content (AvgIpc) is 2.56. The highest BCUT2D eigenvalue weighted by Gasteiger charge is 2.17. The van der Waals surface area contributed by atoms with Gasteiger partial charge < -0.3 is 14.5 Å². The number of aromatic nitrogens is 3. The number of amides is 1. The first kappa shape index (κ1) is 18.3. The lowest BCUT2D eigenvalue weighted by atomic mass is 10.2. The first-order valence-electron chi connectivity index (χ1n) is 8.03. The van der Waals surface area contributed by atoms with Crippen LogP contribution in [-0.2, 0) is 4.74 Å². The van der Waals surface area contributed by atoms with Crippen molar-refractivity contribution in [2.24, 2.45) is 0 Å². The molecule has 0 aliphatic heterocycles. The number of fused-ring (bicyclic) bond motifs is 1. The molecule has 2 heterocycles. The van der Waals surface area contributed by atoms with Gasteiger partial charge in [0.15, 0.2) is 23.0 Å². The molecule has 0 aliphatic carbocycles. The Kier molecular flexibility index (Phi) is 4.76. The second-order valence-corrected chi connectivity index (χ2v) is 6.63. The molecule has 27 heavy (non-hydrogen) atoms. The molecule has 0 unspecified atom stereocenters. The fourth-order valence-electron chi connectivity index (χ4n) is 2.21. The van der Waals surface area contributed by atoms with Crippen LogP contribution < -0.4 is 15.6 Å². The molecule has 8 nitrogen and oxygen atoms in total. The Labute approximate surface area is 153 Å². The minimum atomic E-state index is -0.709. The molecule has 3 rings (SSSR count). The van der Waals surface area contributed by atoms with E-state index in [1.165, 1.54) is 24.4 Å². The number of nitrogens with zero attached hydrogens (tertiary/aromatic N) is 2. The number of hydrogen-bond acceptors (Lipinski definition) is 6. The fourth-order valence-corrected chi connectivity index (χ4v) is 2.21. The van der Waals surface area contributed by atoms with Gasteiger partial charge in [0.25, 0.3) is 5.56 Å². The van der Waals surface area contributed by atoms with Gasteiger partial charge in [-0.2, -0.15) is 0 Å². The number of rotatable bonds is 3. The molecule has 140 valence electrons. The summed E-state index contributed by atoms with van der Waals surface area (Å²) in [5, 5.41) is 2.44. The SMILES string of the molecule is CC(C)(C)OC(=O)Nc1ccc(Oc2ccnc3ncc(=O)[nH]c23)c(F)c1. The number of hydrogen-bond donors (Lipinski definition) is 2. The Morgan fingerprint density at radius 3 is 2.67 bits per heavy atom. The number of benzene rings is 1. The molecule has 9 heteroatoms. The van der Waals surface area contributed by atoms with Crippen molar-refractivity contribution in [2.75, 3.05) is 5.32 Å². The average molecular weight is 372 g/mol. The smallest absolute Gasteiger partial charge is 0.412 e. The lowest BCUT2D eigenvalue weighted by Crippen LogP contribution is -2.27. The van der Waals surface area contributed by atoms with Crippen LogP contribution in [-0.4, -0.2) is 26.6 Å². The van der Waals surface area contributed by atoms with E-state index in [4.69, 9.17) is 9.47 Å². The van der Waals surface area contributed by atoms with Crippen LogP contribution in [0.5, 0.6) is 11.5 Å². The van der Waals surface area contributed by atoms with E-state index in [-0.39, 0.29) is 28.4 Å². The zero-order chi connectivity index (χ0) is 19.6. The Hall–Kier alpha value is -3.49. The maximum absolute atomic E-state index is 14.4. The monoisotopic (exact) mass is 372 g/mol. The molecule has 2 N–H and O–H groups in total. The van der Waals surface area contributed by atoms with Gasteiger partial charge in [0.1, 0.15) is 11.1 Å². The number of pyridine rings is 1. The molecule has 3 aromatic rings. The number of carbonyl (C=O) groups is 1. The highest BCUT2D eigenvalue weighted by atomic mass is 19.1. The van der Waals surface area contributed by atoms with Gasteiger partial charge in [-0.15, -0.1) is 0 Å². The van der Waals surface area contributed by atoms with Crippen LogP contribution in [0.1, 0.15) is 20.8 Å². The predicted octanol–water partition coefficient (Wildman–Crippen LogP) is 3.60. The minimum absolute atomic E-state index is 0.0954. The number of ether oxygens (including phenoxy) is 2. The summed E-state index contributed by atoms with van der Waals surface area (Å²) in [5.74, 6) is -0.612. The van der Waals surface area contributed by atoms with Gasteiger partial charge in [-0.1, -0.05) is 0 Å². The van der Waals surface area contributed by atoms with Gasteiger partial charge in [0.2, 0.25) is 0 Å². The summed E-state index contributed by atoms with van der Waals surface area (Å²) in [5.41, 5.74) is -0.378. The summed E-state index contributed by atoms with van der Waals surface area (Å²) in [4.78, 5) is 33.7. The van der Waals surface area contributed by atoms with E-state index in [1.807, 2.05) is 0 Å². The van der Waals surface area contributed by atoms with Crippen molar-refractivity contribution in [3.8, 4) is 11.5 Å². The van der Waals surface area contributed by atoms with E-state index in [9.17, 15) is 14.0 Å². The summed E-state index contributed by atoms with van der Waals surface area (Å²) in [6, 6.07) is 5.39. The molecule has 0 aliphatic rings. The third-order valence-corrected chi connectivity index (χ3v) is 3.24. The van der Waals surface area contributed by atoms with Gasteiger partial charge in [0.05, 0.1) is 6.20 Å². The maximum Gasteiger partial charge on any atom is 0.412 e. The summed E-state index contributed by atoms with van der Waals surface area (Å²) in [6.45, 7) is 5.17. The van der Waals surface area contributed by atoms with Crippen LogP contribution in [0.25, 0.3) is 11.2 Å². The second kappa shape index (κ2) is 7.02. The third kappa shape index (κ3) is 4.57. The van der Waals surface area contributed by atoms with Crippen LogP contribution in [0.2, 0.25) is 0 Å². The molecule has 1 aromatic carbocycles. The Balaban J connectivity index is 1.82. The fraction of sp³-hybridized carbons (Fsp3) is 0.222. The zero-order valence-corrected chi connectivity index (χ0v) is 14.9. The summed E-state index contributed by atoms with van der Waals surface area (Å²) in [6.07, 6.45) is 1.83. The molecule has 1 amide bonds. The van der Waals surface area contributed by atoms with E-state index < -0.39 is 23.1 Å². The molecule has 2 aromatic heterocycles. The molecule has 0 radical (unpaired) electrons. The molecular weight excluding hydrogens is 355 g/mol. The number of carbonyl (C=O) groups excluding carboxylic acids is 1. The van der Waals surface area contributed by atoms with Crippen molar-refractivity contribution in [1.82, 2.24) is 15.0 Å². The predicted molar refractivity (Wildman–Crippen MR) is 96.5 cm³/mol. The largest absolute Gasteiger partial charge is 0.452 e.